The standard InChI is InChI=1S/C29H31NO5/c1-28(2,3)20-12-13-21-26(25(20)33-5)35-27-29(21,16-24(31)32-4)22-15-19(11-14-23(22)30-27)34-17-18-9-7-6-8-10-18/h6-15,27,30H,16-17H2,1-5H3/t27-,29-/m1/s1. The van der Waals surface area contributed by atoms with E-state index in [0.717, 1.165) is 33.7 Å². The van der Waals surface area contributed by atoms with E-state index < -0.39 is 11.6 Å². The van der Waals surface area contributed by atoms with Crippen LogP contribution in [0.15, 0.2) is 60.7 Å². The molecule has 0 unspecified atom stereocenters. The predicted octanol–water partition coefficient (Wildman–Crippen LogP) is 5.56. The number of carbonyl (C=O) groups is 1. The van der Waals surface area contributed by atoms with E-state index in [-0.39, 0.29) is 17.8 Å². The zero-order chi connectivity index (χ0) is 24.8. The van der Waals surface area contributed by atoms with Crippen molar-refractivity contribution < 1.29 is 23.7 Å². The fourth-order valence-corrected chi connectivity index (χ4v) is 5.20. The molecule has 3 aromatic carbocycles. The van der Waals surface area contributed by atoms with Crippen LogP contribution in [0.3, 0.4) is 0 Å². The van der Waals surface area contributed by atoms with Gasteiger partial charge in [0.2, 0.25) is 0 Å². The molecule has 35 heavy (non-hydrogen) atoms. The molecule has 0 saturated heterocycles. The van der Waals surface area contributed by atoms with E-state index in [4.69, 9.17) is 18.9 Å². The molecule has 6 nitrogen and oxygen atoms in total. The topological polar surface area (TPSA) is 66.0 Å². The number of carbonyl (C=O) groups excluding carboxylic acids is 1. The summed E-state index contributed by atoms with van der Waals surface area (Å²) in [6.45, 7) is 6.87. The van der Waals surface area contributed by atoms with Gasteiger partial charge in [0.15, 0.2) is 17.7 Å². The van der Waals surface area contributed by atoms with Gasteiger partial charge >= 0.3 is 5.97 Å². The van der Waals surface area contributed by atoms with Crippen LogP contribution in [-0.2, 0) is 27.0 Å². The van der Waals surface area contributed by atoms with Gasteiger partial charge in [-0.2, -0.15) is 0 Å². The smallest absolute Gasteiger partial charge is 0.306 e. The second-order valence-electron chi connectivity index (χ2n) is 10.1. The molecular formula is C29H31NO5. The van der Waals surface area contributed by atoms with Gasteiger partial charge in [-0.1, -0.05) is 63.2 Å². The molecule has 0 aromatic heterocycles. The Morgan fingerprint density at radius 3 is 2.49 bits per heavy atom. The third kappa shape index (κ3) is 3.77. The van der Waals surface area contributed by atoms with Crippen LogP contribution in [0.5, 0.6) is 17.2 Å². The van der Waals surface area contributed by atoms with Crippen molar-refractivity contribution >= 4 is 11.7 Å². The summed E-state index contributed by atoms with van der Waals surface area (Å²) in [6.07, 6.45) is -0.346. The Balaban J connectivity index is 1.61. The summed E-state index contributed by atoms with van der Waals surface area (Å²) in [7, 11) is 3.07. The first kappa shape index (κ1) is 23.1. The fourth-order valence-electron chi connectivity index (χ4n) is 5.20. The molecular weight excluding hydrogens is 442 g/mol. The van der Waals surface area contributed by atoms with Crippen LogP contribution in [0.4, 0.5) is 5.69 Å². The highest BCUT2D eigenvalue weighted by Gasteiger charge is 2.58. The van der Waals surface area contributed by atoms with Crippen molar-refractivity contribution in [1.82, 2.24) is 0 Å². The van der Waals surface area contributed by atoms with Crippen LogP contribution in [0, 0.1) is 0 Å². The number of benzene rings is 3. The van der Waals surface area contributed by atoms with Gasteiger partial charge in [-0.25, -0.2) is 0 Å². The lowest BCUT2D eigenvalue weighted by atomic mass is 9.72. The fraction of sp³-hybridized carbons (Fsp3) is 0.345. The van der Waals surface area contributed by atoms with Crippen LogP contribution in [-0.4, -0.2) is 26.4 Å². The molecule has 0 fully saturated rings. The molecule has 0 radical (unpaired) electrons. The molecule has 2 aliphatic rings. The highest BCUT2D eigenvalue weighted by atomic mass is 16.5. The van der Waals surface area contributed by atoms with E-state index in [2.05, 4.69) is 38.2 Å². The number of hydrogen-bond acceptors (Lipinski definition) is 6. The third-order valence-electron chi connectivity index (χ3n) is 6.95. The second-order valence-corrected chi connectivity index (χ2v) is 10.1. The number of hydrogen-bond donors (Lipinski definition) is 1. The van der Waals surface area contributed by atoms with Gasteiger partial charge in [-0.05, 0) is 34.7 Å². The van der Waals surface area contributed by atoms with Crippen molar-refractivity contribution in [2.24, 2.45) is 0 Å². The number of nitrogens with one attached hydrogen (secondary N) is 1. The molecule has 6 heteroatoms. The first-order chi connectivity index (χ1) is 16.8. The SMILES string of the molecule is COC(=O)C[C@@]12c3cc(OCc4ccccc4)ccc3N[C@@H]1Oc1c2ccc(C(C)(C)C)c1OC. The van der Waals surface area contributed by atoms with Crippen LogP contribution in [0.2, 0.25) is 0 Å². The highest BCUT2D eigenvalue weighted by Crippen LogP contribution is 2.59. The summed E-state index contributed by atoms with van der Waals surface area (Å²) >= 11 is 0. The molecule has 1 N–H and O–H groups in total. The Bertz CT molecular complexity index is 1260. The van der Waals surface area contributed by atoms with Gasteiger partial charge in [0.1, 0.15) is 12.4 Å². The van der Waals surface area contributed by atoms with Gasteiger partial charge in [0, 0.05) is 16.8 Å². The number of ether oxygens (including phenoxy) is 4. The lowest BCUT2D eigenvalue weighted by Crippen LogP contribution is -2.40. The van der Waals surface area contributed by atoms with Gasteiger partial charge in [-0.3, -0.25) is 4.79 Å². The zero-order valence-electron chi connectivity index (χ0n) is 20.8. The lowest BCUT2D eigenvalue weighted by Gasteiger charge is -2.28. The summed E-state index contributed by atoms with van der Waals surface area (Å²) in [6, 6.07) is 20.1. The van der Waals surface area contributed by atoms with Crippen molar-refractivity contribution in [3.05, 3.63) is 82.9 Å². The molecule has 0 spiro atoms. The summed E-state index contributed by atoms with van der Waals surface area (Å²) < 4.78 is 23.6. The maximum atomic E-state index is 12.7. The Hall–Kier alpha value is -3.67. The van der Waals surface area contributed by atoms with E-state index >= 15 is 0 Å². The third-order valence-corrected chi connectivity index (χ3v) is 6.95. The van der Waals surface area contributed by atoms with Gasteiger partial charge in [0.25, 0.3) is 0 Å². The molecule has 0 amide bonds. The predicted molar refractivity (Wildman–Crippen MR) is 134 cm³/mol. The lowest BCUT2D eigenvalue weighted by molar-refractivity contribution is -0.142. The van der Waals surface area contributed by atoms with Crippen molar-refractivity contribution in [3.8, 4) is 17.2 Å². The van der Waals surface area contributed by atoms with Crippen molar-refractivity contribution in [2.45, 2.75) is 50.9 Å². The van der Waals surface area contributed by atoms with E-state index in [1.54, 1.807) is 7.11 Å². The summed E-state index contributed by atoms with van der Waals surface area (Å²) in [5.74, 6) is 1.79. The molecule has 0 bridgehead atoms. The van der Waals surface area contributed by atoms with Gasteiger partial charge < -0.3 is 24.3 Å². The van der Waals surface area contributed by atoms with Gasteiger partial charge in [0.05, 0.1) is 26.1 Å². The molecule has 2 atom stereocenters. The quantitative estimate of drug-likeness (QED) is 0.473. The minimum atomic E-state index is -0.770. The summed E-state index contributed by atoms with van der Waals surface area (Å²) in [4.78, 5) is 12.7. The van der Waals surface area contributed by atoms with E-state index in [1.807, 2.05) is 48.5 Å². The molecule has 0 saturated carbocycles. The number of esters is 1. The zero-order valence-corrected chi connectivity index (χ0v) is 20.8. The normalized spacial score (nSPS) is 19.6. The molecule has 182 valence electrons. The average molecular weight is 474 g/mol. The summed E-state index contributed by atoms with van der Waals surface area (Å²) in [5.41, 5.74) is 3.99. The molecule has 2 aliphatic heterocycles. The average Bonchev–Trinajstić information content (AvgIpc) is 3.31. The first-order valence-corrected chi connectivity index (χ1v) is 11.8. The van der Waals surface area contributed by atoms with E-state index in [9.17, 15) is 4.79 Å². The van der Waals surface area contributed by atoms with Crippen LogP contribution >= 0.6 is 0 Å². The molecule has 2 heterocycles. The number of fused-ring (bicyclic) bond motifs is 5. The molecule has 3 aromatic rings. The van der Waals surface area contributed by atoms with E-state index in [0.29, 0.717) is 18.1 Å². The maximum Gasteiger partial charge on any atom is 0.306 e. The van der Waals surface area contributed by atoms with Gasteiger partial charge in [-0.15, -0.1) is 0 Å². The highest BCUT2D eigenvalue weighted by molar-refractivity contribution is 5.80. The van der Waals surface area contributed by atoms with E-state index in [1.165, 1.54) is 7.11 Å². The number of anilines is 1. The minimum Gasteiger partial charge on any atom is -0.493 e. The Morgan fingerprint density at radius 2 is 1.80 bits per heavy atom. The van der Waals surface area contributed by atoms with Crippen molar-refractivity contribution in [3.63, 3.8) is 0 Å². The Kier molecular flexibility index (Phi) is 5.62. The number of rotatable bonds is 6. The van der Waals surface area contributed by atoms with Crippen molar-refractivity contribution in [1.29, 1.82) is 0 Å². The molecule has 0 aliphatic carbocycles. The first-order valence-electron chi connectivity index (χ1n) is 11.8. The second kappa shape index (κ2) is 8.52. The largest absolute Gasteiger partial charge is 0.493 e. The minimum absolute atomic E-state index is 0.126. The maximum absolute atomic E-state index is 12.7. The molecule has 5 rings (SSSR count). The Labute approximate surface area is 206 Å². The summed E-state index contributed by atoms with van der Waals surface area (Å²) in [5, 5.41) is 3.48. The van der Waals surface area contributed by atoms with Crippen LogP contribution < -0.4 is 19.5 Å². The van der Waals surface area contributed by atoms with Crippen molar-refractivity contribution in [2.75, 3.05) is 19.5 Å². The Morgan fingerprint density at radius 1 is 1.03 bits per heavy atom. The van der Waals surface area contributed by atoms with Crippen LogP contribution in [0.1, 0.15) is 49.4 Å². The number of methoxy groups -OCH3 is 2. The van der Waals surface area contributed by atoms with Crippen LogP contribution in [0.25, 0.3) is 0 Å². The monoisotopic (exact) mass is 473 g/mol.